The Kier molecular flexibility index (Phi) is 4.65. The van der Waals surface area contributed by atoms with Crippen molar-refractivity contribution in [3.63, 3.8) is 0 Å². The number of carboxylic acids is 1. The fraction of sp³-hybridized carbons (Fsp3) is 0.500. The molecular formula is C14H19NO5S. The molecule has 0 bridgehead atoms. The van der Waals surface area contributed by atoms with E-state index in [-0.39, 0.29) is 22.6 Å². The summed E-state index contributed by atoms with van der Waals surface area (Å²) in [6, 6.07) is 3.91. The largest absolute Gasteiger partial charge is 0.478 e. The highest BCUT2D eigenvalue weighted by Crippen LogP contribution is 2.20. The quantitative estimate of drug-likeness (QED) is 0.879. The second kappa shape index (κ2) is 6.13. The molecule has 0 saturated carbocycles. The number of sulfonamides is 1. The smallest absolute Gasteiger partial charge is 0.335 e. The molecular weight excluding hydrogens is 294 g/mol. The van der Waals surface area contributed by atoms with Gasteiger partial charge in [0.05, 0.1) is 16.6 Å². The maximum Gasteiger partial charge on any atom is 0.335 e. The van der Waals surface area contributed by atoms with E-state index in [1.165, 1.54) is 18.2 Å². The third kappa shape index (κ3) is 3.81. The Hall–Kier alpha value is -1.44. The van der Waals surface area contributed by atoms with Crippen molar-refractivity contribution in [2.24, 2.45) is 0 Å². The fourth-order valence-electron chi connectivity index (χ4n) is 2.41. The Morgan fingerprint density at radius 2 is 2.14 bits per heavy atom. The van der Waals surface area contributed by atoms with Crippen molar-refractivity contribution in [1.82, 2.24) is 4.72 Å². The second-order valence-electron chi connectivity index (χ2n) is 5.31. The highest BCUT2D eigenvalue weighted by Gasteiger charge is 2.26. The molecule has 1 aliphatic heterocycles. The first-order chi connectivity index (χ1) is 9.79. The first-order valence-electron chi connectivity index (χ1n) is 6.77. The molecule has 7 heteroatoms. The van der Waals surface area contributed by atoms with Gasteiger partial charge in [0.15, 0.2) is 0 Å². The van der Waals surface area contributed by atoms with E-state index in [4.69, 9.17) is 9.84 Å². The summed E-state index contributed by atoms with van der Waals surface area (Å²) in [6.07, 6.45) is 1.23. The number of benzene rings is 1. The molecule has 2 rings (SSSR count). The molecule has 1 aromatic carbocycles. The van der Waals surface area contributed by atoms with Crippen LogP contribution in [0.15, 0.2) is 23.1 Å². The van der Waals surface area contributed by atoms with Crippen molar-refractivity contribution in [3.8, 4) is 0 Å². The number of ether oxygens (including phenoxy) is 1. The molecule has 1 fully saturated rings. The van der Waals surface area contributed by atoms with Crippen LogP contribution in [-0.2, 0) is 14.8 Å². The van der Waals surface area contributed by atoms with Gasteiger partial charge in [0.25, 0.3) is 0 Å². The molecule has 2 atom stereocenters. The lowest BCUT2D eigenvalue weighted by Gasteiger charge is -2.28. The molecule has 2 unspecified atom stereocenters. The number of nitrogens with one attached hydrogen (secondary N) is 1. The van der Waals surface area contributed by atoms with Crippen LogP contribution in [0.4, 0.5) is 0 Å². The topological polar surface area (TPSA) is 92.7 Å². The third-order valence-electron chi connectivity index (χ3n) is 3.53. The predicted molar refractivity (Wildman–Crippen MR) is 76.9 cm³/mol. The zero-order valence-electron chi connectivity index (χ0n) is 12.0. The number of carboxylic acid groups (broad SMARTS) is 1. The first-order valence-corrected chi connectivity index (χ1v) is 8.26. The van der Waals surface area contributed by atoms with E-state index in [2.05, 4.69) is 4.72 Å². The van der Waals surface area contributed by atoms with E-state index in [1.54, 1.807) is 6.92 Å². The third-order valence-corrected chi connectivity index (χ3v) is 5.19. The van der Waals surface area contributed by atoms with Crippen LogP contribution >= 0.6 is 0 Å². The molecule has 116 valence electrons. The van der Waals surface area contributed by atoms with Crippen LogP contribution in [0.5, 0.6) is 0 Å². The number of rotatable bonds is 4. The Balaban J connectivity index is 2.26. The molecule has 21 heavy (non-hydrogen) atoms. The second-order valence-corrected chi connectivity index (χ2v) is 6.99. The summed E-state index contributed by atoms with van der Waals surface area (Å²) in [7, 11) is -3.74. The van der Waals surface area contributed by atoms with Crippen molar-refractivity contribution in [2.75, 3.05) is 6.61 Å². The first kappa shape index (κ1) is 15.9. The predicted octanol–water partition coefficient (Wildman–Crippen LogP) is 1.54. The van der Waals surface area contributed by atoms with Gasteiger partial charge in [-0.15, -0.1) is 0 Å². The van der Waals surface area contributed by atoms with Gasteiger partial charge in [0.2, 0.25) is 10.0 Å². The SMILES string of the molecule is Cc1ccc(C(=O)O)cc1S(=O)(=O)NC1CCOC(C)C1. The van der Waals surface area contributed by atoms with Crippen LogP contribution in [0.25, 0.3) is 0 Å². The molecule has 0 aromatic heterocycles. The minimum Gasteiger partial charge on any atom is -0.478 e. The van der Waals surface area contributed by atoms with E-state index in [1.807, 2.05) is 6.92 Å². The zero-order valence-corrected chi connectivity index (χ0v) is 12.8. The molecule has 0 spiro atoms. The number of aromatic carboxylic acids is 1. The number of hydrogen-bond donors (Lipinski definition) is 2. The van der Waals surface area contributed by atoms with Gasteiger partial charge >= 0.3 is 5.97 Å². The van der Waals surface area contributed by atoms with Crippen LogP contribution in [0.2, 0.25) is 0 Å². The lowest BCUT2D eigenvalue weighted by molar-refractivity contribution is 0.0173. The van der Waals surface area contributed by atoms with E-state index < -0.39 is 16.0 Å². The van der Waals surface area contributed by atoms with Crippen molar-refractivity contribution in [1.29, 1.82) is 0 Å². The number of hydrogen-bond acceptors (Lipinski definition) is 4. The van der Waals surface area contributed by atoms with E-state index in [9.17, 15) is 13.2 Å². The van der Waals surface area contributed by atoms with Crippen molar-refractivity contribution >= 4 is 16.0 Å². The average molecular weight is 313 g/mol. The van der Waals surface area contributed by atoms with Gasteiger partial charge in [-0.3, -0.25) is 0 Å². The minimum absolute atomic E-state index is 0.0119. The molecule has 0 amide bonds. The van der Waals surface area contributed by atoms with Crippen LogP contribution in [-0.4, -0.2) is 38.2 Å². The van der Waals surface area contributed by atoms with Gasteiger partial charge in [-0.2, -0.15) is 0 Å². The molecule has 1 saturated heterocycles. The molecule has 2 N–H and O–H groups in total. The Bertz CT molecular complexity index is 641. The van der Waals surface area contributed by atoms with Gasteiger partial charge in [-0.1, -0.05) is 6.07 Å². The summed E-state index contributed by atoms with van der Waals surface area (Å²) in [6.45, 7) is 4.06. The summed E-state index contributed by atoms with van der Waals surface area (Å²) >= 11 is 0. The van der Waals surface area contributed by atoms with Crippen LogP contribution in [0, 0.1) is 6.92 Å². The summed E-state index contributed by atoms with van der Waals surface area (Å²) in [4.78, 5) is 11.0. The van der Waals surface area contributed by atoms with Crippen molar-refractivity contribution in [2.45, 2.75) is 43.7 Å². The molecule has 0 aliphatic carbocycles. The van der Waals surface area contributed by atoms with Gasteiger partial charge in [-0.25, -0.2) is 17.9 Å². The maximum atomic E-state index is 12.5. The lowest BCUT2D eigenvalue weighted by Crippen LogP contribution is -2.41. The van der Waals surface area contributed by atoms with E-state index in [0.29, 0.717) is 25.0 Å². The lowest BCUT2D eigenvalue weighted by atomic mass is 10.1. The van der Waals surface area contributed by atoms with Crippen molar-refractivity contribution < 1.29 is 23.1 Å². The Labute approximate surface area is 124 Å². The van der Waals surface area contributed by atoms with Gasteiger partial charge in [0.1, 0.15) is 0 Å². The monoisotopic (exact) mass is 313 g/mol. The van der Waals surface area contributed by atoms with Crippen LogP contribution in [0.1, 0.15) is 35.7 Å². The molecule has 1 heterocycles. The number of carbonyl (C=O) groups is 1. The molecule has 1 aliphatic rings. The summed E-state index contributed by atoms with van der Waals surface area (Å²) in [5, 5.41) is 8.99. The summed E-state index contributed by atoms with van der Waals surface area (Å²) < 4.78 is 33.0. The standard InChI is InChI=1S/C14H19NO5S/c1-9-3-4-11(14(16)17)8-13(9)21(18,19)15-12-5-6-20-10(2)7-12/h3-4,8,10,12,15H,5-7H2,1-2H3,(H,16,17). The highest BCUT2D eigenvalue weighted by molar-refractivity contribution is 7.89. The van der Waals surface area contributed by atoms with Crippen molar-refractivity contribution in [3.05, 3.63) is 29.3 Å². The summed E-state index contributed by atoms with van der Waals surface area (Å²) in [5.74, 6) is -1.15. The van der Waals surface area contributed by atoms with Gasteiger partial charge in [-0.05, 0) is 44.4 Å². The molecule has 1 aromatic rings. The van der Waals surface area contributed by atoms with Crippen LogP contribution < -0.4 is 4.72 Å². The Morgan fingerprint density at radius 3 is 2.76 bits per heavy atom. The highest BCUT2D eigenvalue weighted by atomic mass is 32.2. The molecule has 6 nitrogen and oxygen atoms in total. The maximum absolute atomic E-state index is 12.5. The van der Waals surface area contributed by atoms with Gasteiger partial charge < -0.3 is 9.84 Å². The van der Waals surface area contributed by atoms with Gasteiger partial charge in [0, 0.05) is 12.6 Å². The normalized spacial score (nSPS) is 23.0. The molecule has 0 radical (unpaired) electrons. The Morgan fingerprint density at radius 1 is 1.43 bits per heavy atom. The zero-order chi connectivity index (χ0) is 15.6. The minimum atomic E-state index is -3.74. The van der Waals surface area contributed by atoms with Crippen LogP contribution in [0.3, 0.4) is 0 Å². The van der Waals surface area contributed by atoms with E-state index in [0.717, 1.165) is 0 Å². The van der Waals surface area contributed by atoms with E-state index >= 15 is 0 Å². The fourth-order valence-corrected chi connectivity index (χ4v) is 3.96. The average Bonchev–Trinajstić information content (AvgIpc) is 2.38. The number of aryl methyl sites for hydroxylation is 1. The summed E-state index contributed by atoms with van der Waals surface area (Å²) in [5.41, 5.74) is 0.480.